The van der Waals surface area contributed by atoms with Gasteiger partial charge in [-0.1, -0.05) is 18.2 Å². The minimum absolute atomic E-state index is 0.00760. The van der Waals surface area contributed by atoms with Gasteiger partial charge in [0.25, 0.3) is 5.91 Å². The number of alkyl halides is 3. The van der Waals surface area contributed by atoms with Crippen molar-refractivity contribution in [3.8, 4) is 0 Å². The Bertz CT molecular complexity index is 1360. The molecule has 0 N–H and O–H groups in total. The Morgan fingerprint density at radius 3 is 2.26 bits per heavy atom. The number of carbonyl (C=O) groups is 3. The van der Waals surface area contributed by atoms with Crippen molar-refractivity contribution in [2.45, 2.75) is 55.1 Å². The molecule has 1 fully saturated rings. The smallest absolute Gasteiger partial charge is 0.335 e. The van der Waals surface area contributed by atoms with Gasteiger partial charge in [-0.2, -0.15) is 13.2 Å². The van der Waals surface area contributed by atoms with Crippen molar-refractivity contribution in [2.75, 3.05) is 23.5 Å². The Balaban J connectivity index is 1.58. The highest BCUT2D eigenvalue weighted by Gasteiger charge is 2.51. The third kappa shape index (κ3) is 6.66. The number of carbonyl (C=O) groups excluding carboxylic acids is 3. The first-order chi connectivity index (χ1) is 18.3. The molecule has 39 heavy (non-hydrogen) atoms. The number of hydrogen-bond acceptors (Lipinski definition) is 6. The quantitative estimate of drug-likeness (QED) is 0.386. The van der Waals surface area contributed by atoms with Gasteiger partial charge in [0.05, 0.1) is 6.04 Å². The monoisotopic (exact) mass is 582 g/mol. The molecule has 210 valence electrons. The van der Waals surface area contributed by atoms with Gasteiger partial charge in [0.15, 0.2) is 9.84 Å². The lowest BCUT2D eigenvalue weighted by atomic mass is 9.67. The maximum absolute atomic E-state index is 13.7. The molecule has 0 aromatic heterocycles. The summed E-state index contributed by atoms with van der Waals surface area (Å²) in [5, 5.41) is 0. The Morgan fingerprint density at radius 1 is 1.03 bits per heavy atom. The van der Waals surface area contributed by atoms with Crippen molar-refractivity contribution in [1.82, 2.24) is 4.90 Å². The van der Waals surface area contributed by atoms with Gasteiger partial charge < -0.3 is 9.80 Å². The molecule has 1 aliphatic heterocycles. The van der Waals surface area contributed by atoms with E-state index < -0.39 is 26.9 Å². The first kappa shape index (κ1) is 29.1. The van der Waals surface area contributed by atoms with E-state index >= 15 is 0 Å². The van der Waals surface area contributed by atoms with Crippen LogP contribution in [0.3, 0.4) is 0 Å². The summed E-state index contributed by atoms with van der Waals surface area (Å²) in [6.07, 6.45) is 2.18. The molecule has 0 spiro atoms. The number of nitrogens with zero attached hydrogens (tertiary/aromatic N) is 2. The average molecular weight is 583 g/mol. The van der Waals surface area contributed by atoms with Crippen LogP contribution in [0.15, 0.2) is 53.4 Å². The lowest BCUT2D eigenvalue weighted by molar-refractivity contribution is -0.137. The summed E-state index contributed by atoms with van der Waals surface area (Å²) < 4.78 is 61.0. The molecule has 12 heteroatoms. The number of sulfone groups is 1. The molecule has 0 bridgehead atoms. The molecule has 1 heterocycles. The molecule has 1 aliphatic carbocycles. The number of halogens is 3. The van der Waals surface area contributed by atoms with Crippen LogP contribution in [0.4, 0.5) is 18.9 Å². The summed E-state index contributed by atoms with van der Waals surface area (Å²) in [6.45, 7) is 2.21. The number of anilines is 1. The average Bonchev–Trinajstić information content (AvgIpc) is 2.82. The van der Waals surface area contributed by atoms with Crippen LogP contribution in [0.25, 0.3) is 0 Å². The van der Waals surface area contributed by atoms with Gasteiger partial charge in [-0.25, -0.2) is 8.42 Å². The van der Waals surface area contributed by atoms with E-state index in [1.807, 2.05) is 19.1 Å². The first-order valence-electron chi connectivity index (χ1n) is 12.6. The minimum Gasteiger partial charge on any atom is -0.335 e. The van der Waals surface area contributed by atoms with E-state index in [-0.39, 0.29) is 64.9 Å². The zero-order chi connectivity index (χ0) is 28.5. The van der Waals surface area contributed by atoms with Crippen molar-refractivity contribution in [2.24, 2.45) is 5.92 Å². The highest BCUT2D eigenvalue weighted by molar-refractivity contribution is 8.00. The molecule has 2 aliphatic rings. The predicted octanol–water partition coefficient (Wildman–Crippen LogP) is 5.02. The second-order valence-electron chi connectivity index (χ2n) is 9.85. The third-order valence-electron chi connectivity index (χ3n) is 7.13. The molecule has 4 rings (SSSR count). The topological polar surface area (TPSA) is 91.8 Å². The fraction of sp³-hybridized carbons (Fsp3) is 0.444. The number of ketones is 1. The van der Waals surface area contributed by atoms with Crippen LogP contribution in [0.2, 0.25) is 0 Å². The van der Waals surface area contributed by atoms with E-state index in [1.54, 1.807) is 21.9 Å². The zero-order valence-corrected chi connectivity index (χ0v) is 23.1. The Kier molecular flexibility index (Phi) is 8.46. The van der Waals surface area contributed by atoms with Crippen LogP contribution in [0.1, 0.15) is 54.6 Å². The molecule has 0 saturated heterocycles. The standard InChI is InChI=1S/C27H29F3N2O5S2/c1-3-31(24(34)15-10-18(33)16-39(2,36)37)25-20-6-4-5-7-22(20)32(23-14-13-21(23)25)26(35)17-8-11-19(12-9-17)38-27(28,29)30/h4-9,11-12,21,23,25H,3,10,13-16H2,1-2H3. The summed E-state index contributed by atoms with van der Waals surface area (Å²) in [5.41, 5.74) is -2.72. The van der Waals surface area contributed by atoms with Crippen LogP contribution < -0.4 is 4.90 Å². The maximum atomic E-state index is 13.7. The Morgan fingerprint density at radius 2 is 1.69 bits per heavy atom. The van der Waals surface area contributed by atoms with E-state index in [9.17, 15) is 36.0 Å². The summed E-state index contributed by atoms with van der Waals surface area (Å²) in [5.74, 6) is -1.75. The second-order valence-corrected chi connectivity index (χ2v) is 13.1. The normalized spacial score (nSPS) is 20.4. The fourth-order valence-corrected chi connectivity index (χ4v) is 6.71. The van der Waals surface area contributed by atoms with Gasteiger partial charge >= 0.3 is 5.51 Å². The lowest BCUT2D eigenvalue weighted by Crippen LogP contribution is -2.58. The van der Waals surface area contributed by atoms with Crippen molar-refractivity contribution in [3.63, 3.8) is 0 Å². The van der Waals surface area contributed by atoms with E-state index in [1.165, 1.54) is 24.3 Å². The molecular weight excluding hydrogens is 553 g/mol. The summed E-state index contributed by atoms with van der Waals surface area (Å²) >= 11 is -0.239. The van der Waals surface area contributed by atoms with Crippen molar-refractivity contribution < 1.29 is 36.0 Å². The number of para-hydroxylation sites is 1. The zero-order valence-electron chi connectivity index (χ0n) is 21.5. The van der Waals surface area contributed by atoms with Crippen LogP contribution in [-0.2, 0) is 19.4 Å². The van der Waals surface area contributed by atoms with E-state index in [0.717, 1.165) is 18.2 Å². The van der Waals surface area contributed by atoms with Crippen molar-refractivity contribution >= 4 is 44.9 Å². The number of benzene rings is 2. The number of Topliss-reactive ketones (excluding diaryl/α,β-unsaturated/α-hetero) is 1. The van der Waals surface area contributed by atoms with Gasteiger partial charge in [-0.3, -0.25) is 14.4 Å². The van der Waals surface area contributed by atoms with Crippen LogP contribution in [0.5, 0.6) is 0 Å². The number of amides is 2. The van der Waals surface area contributed by atoms with Gasteiger partial charge in [-0.15, -0.1) is 0 Å². The summed E-state index contributed by atoms with van der Waals surface area (Å²) in [6, 6.07) is 12.1. The molecule has 3 atom stereocenters. The van der Waals surface area contributed by atoms with Crippen LogP contribution in [-0.4, -0.2) is 61.0 Å². The fourth-order valence-electron chi connectivity index (χ4n) is 5.44. The lowest BCUT2D eigenvalue weighted by Gasteiger charge is -2.55. The molecule has 1 saturated carbocycles. The van der Waals surface area contributed by atoms with Gasteiger partial charge in [0, 0.05) is 53.7 Å². The molecule has 2 aromatic rings. The first-order valence-corrected chi connectivity index (χ1v) is 15.4. The summed E-state index contributed by atoms with van der Waals surface area (Å²) in [7, 11) is -3.48. The highest BCUT2D eigenvalue weighted by Crippen LogP contribution is 2.52. The predicted molar refractivity (Wildman–Crippen MR) is 142 cm³/mol. The number of thioether (sulfide) groups is 1. The van der Waals surface area contributed by atoms with Gasteiger partial charge in [-0.05, 0) is 67.4 Å². The van der Waals surface area contributed by atoms with E-state index in [0.29, 0.717) is 18.7 Å². The molecule has 2 aromatic carbocycles. The highest BCUT2D eigenvalue weighted by atomic mass is 32.2. The minimum atomic E-state index is -4.42. The largest absolute Gasteiger partial charge is 0.446 e. The number of fused-ring (bicyclic) bond motifs is 2. The summed E-state index contributed by atoms with van der Waals surface area (Å²) in [4.78, 5) is 42.4. The molecular formula is C27H29F3N2O5S2. The Hall–Kier alpha value is -2.86. The van der Waals surface area contributed by atoms with E-state index in [2.05, 4.69) is 0 Å². The maximum Gasteiger partial charge on any atom is 0.446 e. The Labute approximate surface area is 229 Å². The van der Waals surface area contributed by atoms with Crippen molar-refractivity contribution in [1.29, 1.82) is 0 Å². The van der Waals surface area contributed by atoms with Gasteiger partial charge in [0.2, 0.25) is 5.91 Å². The molecule has 2 amide bonds. The number of rotatable bonds is 9. The second kappa shape index (κ2) is 11.3. The number of hydrogen-bond donors (Lipinski definition) is 0. The van der Waals surface area contributed by atoms with E-state index in [4.69, 9.17) is 0 Å². The molecule has 0 radical (unpaired) electrons. The third-order valence-corrected chi connectivity index (χ3v) is 8.72. The van der Waals surface area contributed by atoms with Crippen LogP contribution >= 0.6 is 11.8 Å². The SMILES string of the molecule is CCN(C(=O)CCC(=O)CS(C)(=O)=O)C1c2ccccc2N(C(=O)c2ccc(SC(F)(F)F)cc2)C2CCC12. The molecule has 7 nitrogen and oxygen atoms in total. The molecule has 3 unspecified atom stereocenters. The van der Waals surface area contributed by atoms with Gasteiger partial charge in [0.1, 0.15) is 11.5 Å². The van der Waals surface area contributed by atoms with Crippen LogP contribution in [0, 0.1) is 5.92 Å². The van der Waals surface area contributed by atoms with Crippen molar-refractivity contribution in [3.05, 3.63) is 59.7 Å².